The number of nitrogens with one attached hydrogen (secondary N) is 2. The maximum atomic E-state index is 12.5. The maximum Gasteiger partial charge on any atom is 0.414 e. The van der Waals surface area contributed by atoms with Crippen LogP contribution in [-0.4, -0.2) is 61.1 Å². The van der Waals surface area contributed by atoms with Crippen LogP contribution in [0.5, 0.6) is 0 Å². The molecule has 0 spiro atoms. The number of benzene rings is 1. The largest absolute Gasteiger partial charge is 0.450 e. The van der Waals surface area contributed by atoms with E-state index in [1.807, 2.05) is 31.2 Å². The quantitative estimate of drug-likeness (QED) is 0.679. The molecule has 1 aromatic heterocycles. The van der Waals surface area contributed by atoms with Gasteiger partial charge in [-0.15, -0.1) is 11.3 Å². The molecule has 0 saturated carbocycles. The molecular formula is C18H25N4O4S+. The number of hydrogen-bond donors (Lipinski definition) is 2. The van der Waals surface area contributed by atoms with E-state index in [1.165, 1.54) is 0 Å². The zero-order valence-electron chi connectivity index (χ0n) is 15.8. The molecule has 2 N–H and O–H groups in total. The van der Waals surface area contributed by atoms with Gasteiger partial charge in [-0.3, -0.25) is 14.9 Å². The third-order valence-electron chi connectivity index (χ3n) is 3.97. The van der Waals surface area contributed by atoms with Crippen molar-refractivity contribution in [1.29, 1.82) is 0 Å². The van der Waals surface area contributed by atoms with Crippen molar-refractivity contribution in [1.82, 2.24) is 15.2 Å². The molecular weight excluding hydrogens is 368 g/mol. The average Bonchev–Trinajstić information content (AvgIpc) is 3.03. The van der Waals surface area contributed by atoms with Gasteiger partial charge in [-0.1, -0.05) is 12.1 Å². The molecule has 0 radical (unpaired) electrons. The minimum Gasteiger partial charge on any atom is -0.450 e. The van der Waals surface area contributed by atoms with Crippen molar-refractivity contribution in [2.45, 2.75) is 20.4 Å². The maximum absolute atomic E-state index is 12.5. The first kappa shape index (κ1) is 20.8. The summed E-state index contributed by atoms with van der Waals surface area (Å²) in [5.41, 5.74) is 0.926. The number of hydrogen-bond acceptors (Lipinski definition) is 6. The lowest BCUT2D eigenvalue weighted by atomic mass is 10.3. The first-order chi connectivity index (χ1) is 12.9. The summed E-state index contributed by atoms with van der Waals surface area (Å²) in [6, 6.07) is 7.85. The van der Waals surface area contributed by atoms with Crippen LogP contribution in [0.1, 0.15) is 18.9 Å². The van der Waals surface area contributed by atoms with Crippen molar-refractivity contribution in [2.24, 2.45) is 0 Å². The standard InChI is InChI=1S/C18H24N4O4S/c1-4-22(10-15(23)20-18(25)26-5-2)12-17(24)21(3)11-16-19-13-8-6-7-9-14(13)27-16/h6-9H,4-5,10-12H2,1-3H3,(H,20,23,25)/p+1. The summed E-state index contributed by atoms with van der Waals surface area (Å²) in [7, 11) is 1.72. The lowest BCUT2D eigenvalue weighted by Crippen LogP contribution is -3.14. The molecule has 2 aromatic rings. The SMILES string of the molecule is CCOC(=O)NC(=O)C[NH+](CC)CC(=O)N(C)Cc1nc2ccccc2s1. The lowest BCUT2D eigenvalue weighted by molar-refractivity contribution is -0.882. The molecule has 1 heterocycles. The van der Waals surface area contributed by atoms with Gasteiger partial charge in [0, 0.05) is 7.05 Å². The first-order valence-corrected chi connectivity index (χ1v) is 9.63. The third-order valence-corrected chi connectivity index (χ3v) is 4.99. The highest BCUT2D eigenvalue weighted by Crippen LogP contribution is 2.22. The number of ether oxygens (including phenoxy) is 1. The fourth-order valence-corrected chi connectivity index (χ4v) is 3.51. The van der Waals surface area contributed by atoms with E-state index in [-0.39, 0.29) is 25.6 Å². The van der Waals surface area contributed by atoms with E-state index in [4.69, 9.17) is 0 Å². The molecule has 27 heavy (non-hydrogen) atoms. The van der Waals surface area contributed by atoms with Crippen LogP contribution in [0.4, 0.5) is 4.79 Å². The van der Waals surface area contributed by atoms with E-state index in [1.54, 1.807) is 30.2 Å². The minimum atomic E-state index is -0.766. The number of nitrogens with zero attached hydrogens (tertiary/aromatic N) is 2. The molecule has 0 bridgehead atoms. The smallest absolute Gasteiger partial charge is 0.414 e. The number of aromatic nitrogens is 1. The number of thiazole rings is 1. The van der Waals surface area contributed by atoms with Crippen LogP contribution in [0, 0.1) is 0 Å². The third kappa shape index (κ3) is 6.30. The van der Waals surface area contributed by atoms with Crippen LogP contribution in [0.3, 0.4) is 0 Å². The van der Waals surface area contributed by atoms with Crippen LogP contribution < -0.4 is 10.2 Å². The van der Waals surface area contributed by atoms with Gasteiger partial charge in [0.25, 0.3) is 11.8 Å². The van der Waals surface area contributed by atoms with Crippen LogP contribution >= 0.6 is 11.3 Å². The summed E-state index contributed by atoms with van der Waals surface area (Å²) in [4.78, 5) is 42.6. The molecule has 0 aliphatic rings. The molecule has 8 nitrogen and oxygen atoms in total. The lowest BCUT2D eigenvalue weighted by Gasteiger charge is -2.20. The van der Waals surface area contributed by atoms with Gasteiger partial charge in [-0.2, -0.15) is 0 Å². The van der Waals surface area contributed by atoms with E-state index in [9.17, 15) is 14.4 Å². The molecule has 0 fully saturated rings. The van der Waals surface area contributed by atoms with E-state index in [0.29, 0.717) is 13.1 Å². The number of likely N-dealkylation sites (N-methyl/N-ethyl adjacent to an activating group) is 2. The van der Waals surface area contributed by atoms with Gasteiger partial charge >= 0.3 is 6.09 Å². The van der Waals surface area contributed by atoms with Gasteiger partial charge < -0.3 is 14.5 Å². The number of carbonyl (C=O) groups excluding carboxylic acids is 3. The highest BCUT2D eigenvalue weighted by Gasteiger charge is 2.21. The zero-order valence-corrected chi connectivity index (χ0v) is 16.6. The number of rotatable bonds is 8. The van der Waals surface area contributed by atoms with Gasteiger partial charge in [0.05, 0.1) is 29.9 Å². The second kappa shape index (κ2) is 9.98. The van der Waals surface area contributed by atoms with Crippen molar-refractivity contribution in [3.63, 3.8) is 0 Å². The Bertz CT molecular complexity index is 775. The van der Waals surface area contributed by atoms with E-state index in [0.717, 1.165) is 20.1 Å². The molecule has 0 saturated heterocycles. The van der Waals surface area contributed by atoms with Gasteiger partial charge in [-0.05, 0) is 26.0 Å². The fraction of sp³-hybridized carbons (Fsp3) is 0.444. The number of fused-ring (bicyclic) bond motifs is 1. The Morgan fingerprint density at radius 1 is 1.22 bits per heavy atom. The van der Waals surface area contributed by atoms with Gasteiger partial charge in [0.1, 0.15) is 5.01 Å². The molecule has 3 amide bonds. The second-order valence-corrected chi connectivity index (χ2v) is 7.17. The number of amides is 3. The Kier molecular flexibility index (Phi) is 7.68. The highest BCUT2D eigenvalue weighted by atomic mass is 32.1. The average molecular weight is 393 g/mol. The van der Waals surface area contributed by atoms with Gasteiger partial charge in [0.15, 0.2) is 13.1 Å². The van der Waals surface area contributed by atoms with Crippen molar-refractivity contribution in [3.05, 3.63) is 29.3 Å². The number of imide groups is 1. The van der Waals surface area contributed by atoms with Crippen molar-refractivity contribution < 1.29 is 24.0 Å². The highest BCUT2D eigenvalue weighted by molar-refractivity contribution is 7.18. The Labute approximate surface area is 162 Å². The fourth-order valence-electron chi connectivity index (χ4n) is 2.49. The summed E-state index contributed by atoms with van der Waals surface area (Å²) < 4.78 is 5.77. The zero-order chi connectivity index (χ0) is 19.8. The summed E-state index contributed by atoms with van der Waals surface area (Å²) in [5, 5.41) is 3.01. The molecule has 1 unspecified atom stereocenters. The molecule has 1 atom stereocenters. The van der Waals surface area contributed by atoms with Crippen LogP contribution in [0.25, 0.3) is 10.2 Å². The number of quaternary nitrogens is 1. The molecule has 2 rings (SSSR count). The van der Waals surface area contributed by atoms with E-state index >= 15 is 0 Å². The molecule has 146 valence electrons. The van der Waals surface area contributed by atoms with Crippen LogP contribution in [0.2, 0.25) is 0 Å². The van der Waals surface area contributed by atoms with Crippen molar-refractivity contribution in [3.8, 4) is 0 Å². The normalized spacial score (nSPS) is 11.8. The summed E-state index contributed by atoms with van der Waals surface area (Å²) in [6.45, 7) is 4.92. The molecule has 0 aliphatic heterocycles. The molecule has 0 aliphatic carbocycles. The van der Waals surface area contributed by atoms with Crippen molar-refractivity contribution >= 4 is 39.5 Å². The Hall–Kier alpha value is -2.52. The van der Waals surface area contributed by atoms with Crippen LogP contribution in [-0.2, 0) is 20.9 Å². The van der Waals surface area contributed by atoms with E-state index in [2.05, 4.69) is 15.0 Å². The topological polar surface area (TPSA) is 93.0 Å². The Morgan fingerprint density at radius 2 is 1.96 bits per heavy atom. The Balaban J connectivity index is 1.87. The van der Waals surface area contributed by atoms with E-state index < -0.39 is 12.0 Å². The van der Waals surface area contributed by atoms with Crippen molar-refractivity contribution in [2.75, 3.05) is 33.3 Å². The Morgan fingerprint density at radius 3 is 2.63 bits per heavy atom. The number of carbonyl (C=O) groups is 3. The predicted molar refractivity (Wildman–Crippen MR) is 102 cm³/mol. The number of alkyl carbamates (subject to hydrolysis) is 1. The van der Waals surface area contributed by atoms with Gasteiger partial charge in [-0.25, -0.2) is 9.78 Å². The first-order valence-electron chi connectivity index (χ1n) is 8.81. The summed E-state index contributed by atoms with van der Waals surface area (Å²) >= 11 is 1.56. The van der Waals surface area contributed by atoms with Gasteiger partial charge in [0.2, 0.25) is 0 Å². The second-order valence-electron chi connectivity index (χ2n) is 6.05. The van der Waals surface area contributed by atoms with Crippen LogP contribution in [0.15, 0.2) is 24.3 Å². The summed E-state index contributed by atoms with van der Waals surface area (Å²) in [6.07, 6.45) is -0.766. The monoisotopic (exact) mass is 393 g/mol. The number of para-hydroxylation sites is 1. The minimum absolute atomic E-state index is 0.0238. The summed E-state index contributed by atoms with van der Waals surface area (Å²) in [5.74, 6) is -0.554. The predicted octanol–water partition coefficient (Wildman–Crippen LogP) is 0.432. The molecule has 9 heteroatoms. The molecule has 1 aromatic carbocycles.